The van der Waals surface area contributed by atoms with E-state index >= 15 is 0 Å². The molecule has 0 atom stereocenters. The molecule has 6 aromatic carbocycles. The number of Topliss-reactive ketones (excluding diaryl/α,β-unsaturated/α-hetero) is 2. The maximum atomic E-state index is 12.1. The van der Waals surface area contributed by atoms with Crippen LogP contribution in [0.1, 0.15) is 56.8 Å². The van der Waals surface area contributed by atoms with Gasteiger partial charge in [-0.25, -0.2) is 0 Å². The Morgan fingerprint density at radius 2 is 0.963 bits per heavy atom. The van der Waals surface area contributed by atoms with E-state index < -0.39 is 31.9 Å². The monoisotopic (exact) mass is 769 g/mol. The van der Waals surface area contributed by atoms with Crippen LogP contribution in [0.25, 0.3) is 11.1 Å². The van der Waals surface area contributed by atoms with Crippen molar-refractivity contribution in [2.24, 2.45) is 0 Å². The van der Waals surface area contributed by atoms with Crippen molar-refractivity contribution in [1.82, 2.24) is 0 Å². The second-order valence-corrected chi connectivity index (χ2v) is 15.9. The number of phenols is 2. The van der Waals surface area contributed by atoms with Crippen LogP contribution in [0.5, 0.6) is 11.5 Å². The summed E-state index contributed by atoms with van der Waals surface area (Å²) in [7, 11) is -6.41. The highest BCUT2D eigenvalue weighted by molar-refractivity contribution is 7.97. The fourth-order valence-electron chi connectivity index (χ4n) is 6.66. The van der Waals surface area contributed by atoms with Gasteiger partial charge in [0.25, 0.3) is 0 Å². The number of alkyl halides is 3. The first kappa shape index (κ1) is 38.0. The van der Waals surface area contributed by atoms with E-state index in [0.717, 1.165) is 48.1 Å². The number of carbonyl (C=O) groups is 2. The van der Waals surface area contributed by atoms with E-state index in [2.05, 4.69) is 42.5 Å². The van der Waals surface area contributed by atoms with Crippen LogP contribution in [-0.2, 0) is 26.4 Å². The molecule has 12 heteroatoms. The zero-order chi connectivity index (χ0) is 39.0. The first-order valence-corrected chi connectivity index (χ1v) is 19.0. The highest BCUT2D eigenvalue weighted by atomic mass is 32.2. The van der Waals surface area contributed by atoms with Gasteiger partial charge in [0.05, 0.1) is 16.3 Å². The van der Waals surface area contributed by atoms with E-state index in [0.29, 0.717) is 11.1 Å². The highest BCUT2D eigenvalue weighted by Crippen LogP contribution is 2.57. The molecule has 6 aromatic rings. The molecule has 0 amide bonds. The average Bonchev–Trinajstić information content (AvgIpc) is 3.43. The second-order valence-electron chi connectivity index (χ2n) is 12.5. The maximum absolute atomic E-state index is 12.1. The molecule has 54 heavy (non-hydrogen) atoms. The molecule has 0 saturated heterocycles. The third-order valence-corrected chi connectivity index (χ3v) is 11.9. The number of hydrogen-bond acceptors (Lipinski definition) is 6. The van der Waals surface area contributed by atoms with Crippen molar-refractivity contribution in [3.05, 3.63) is 173 Å². The van der Waals surface area contributed by atoms with Crippen molar-refractivity contribution in [1.29, 1.82) is 0 Å². The van der Waals surface area contributed by atoms with Crippen LogP contribution in [0.15, 0.2) is 154 Å². The Morgan fingerprint density at radius 3 is 1.37 bits per heavy atom. The molecule has 1 aliphatic carbocycles. The number of phenolic OH excluding ortho intramolecular Hbond substituents is 2. The molecule has 7 nitrogen and oxygen atoms in total. The second kappa shape index (κ2) is 14.6. The standard InChI is InChI=1S/C41H30O4S.CHF3O3S/c1-26(42)28-7-19-34(20-8-28)46(35-21-9-29(10-22-35)27(2)43)36-23-24-38-37-5-3-4-6-39(37)41(40(38)25-36,30-11-15-32(44)16-12-30)31-13-17-33(45)18-14-31;2-1(3,4)8(5,6)7/h3-25H,1-2H3,(H-,44,45);(H,5,6,7)/p+1. The summed E-state index contributed by atoms with van der Waals surface area (Å²) in [5.74, 6) is 0.407. The summed E-state index contributed by atoms with van der Waals surface area (Å²) in [5.41, 5.74) is 1.50. The Kier molecular flexibility index (Phi) is 10.3. The summed E-state index contributed by atoms with van der Waals surface area (Å²) in [4.78, 5) is 27.4. The fourth-order valence-corrected chi connectivity index (χ4v) is 8.73. The number of benzene rings is 6. The molecule has 0 fully saturated rings. The molecule has 0 bridgehead atoms. The number of rotatable bonds is 7. The number of hydrogen-bond donors (Lipinski definition) is 3. The molecule has 0 spiro atoms. The van der Waals surface area contributed by atoms with E-state index in [1.54, 1.807) is 38.1 Å². The van der Waals surface area contributed by atoms with Gasteiger partial charge in [0, 0.05) is 11.1 Å². The van der Waals surface area contributed by atoms with Gasteiger partial charge in [-0.05, 0) is 138 Å². The zero-order valence-corrected chi connectivity index (χ0v) is 30.3. The number of halogens is 3. The first-order valence-electron chi connectivity index (χ1n) is 16.4. The number of carbonyl (C=O) groups excluding carboxylic acids is 2. The van der Waals surface area contributed by atoms with Gasteiger partial charge in [-0.1, -0.05) is 48.5 Å². The largest absolute Gasteiger partial charge is 0.522 e. The predicted molar refractivity (Wildman–Crippen MR) is 200 cm³/mol. The topological polar surface area (TPSA) is 129 Å². The van der Waals surface area contributed by atoms with E-state index in [1.165, 1.54) is 0 Å². The van der Waals surface area contributed by atoms with Gasteiger partial charge in [-0.15, -0.1) is 0 Å². The number of aromatic hydroxyl groups is 2. The lowest BCUT2D eigenvalue weighted by atomic mass is 9.67. The van der Waals surface area contributed by atoms with Crippen molar-refractivity contribution in [3.63, 3.8) is 0 Å². The summed E-state index contributed by atoms with van der Waals surface area (Å²) >= 11 is 0. The Morgan fingerprint density at radius 1 is 0.574 bits per heavy atom. The normalized spacial score (nSPS) is 13.0. The molecule has 0 saturated carbocycles. The van der Waals surface area contributed by atoms with E-state index in [4.69, 9.17) is 13.0 Å². The average molecular weight is 770 g/mol. The molecule has 3 N–H and O–H groups in total. The summed E-state index contributed by atoms with van der Waals surface area (Å²) in [6, 6.07) is 45.5. The Hall–Kier alpha value is -5.69. The molecule has 7 rings (SSSR count). The Labute approximate surface area is 312 Å². The molecule has 1 aliphatic rings. The van der Waals surface area contributed by atoms with Gasteiger partial charge in [0.15, 0.2) is 26.3 Å². The van der Waals surface area contributed by atoms with Crippen LogP contribution < -0.4 is 0 Å². The molecule has 0 aromatic heterocycles. The quantitative estimate of drug-likeness (QED) is 0.0638. The summed E-state index contributed by atoms with van der Waals surface area (Å²) in [5, 5.41) is 20.6. The van der Waals surface area contributed by atoms with E-state index in [1.807, 2.05) is 72.8 Å². The Bertz CT molecular complexity index is 2360. The van der Waals surface area contributed by atoms with Crippen LogP contribution in [0.2, 0.25) is 0 Å². The van der Waals surface area contributed by atoms with Crippen LogP contribution >= 0.6 is 0 Å². The molecule has 0 radical (unpaired) electrons. The minimum Gasteiger partial charge on any atom is -0.508 e. The maximum Gasteiger partial charge on any atom is 0.522 e. The Balaban J connectivity index is 0.000000561. The van der Waals surface area contributed by atoms with Gasteiger partial charge >= 0.3 is 15.6 Å². The van der Waals surface area contributed by atoms with E-state index in [9.17, 15) is 33.0 Å². The smallest absolute Gasteiger partial charge is 0.508 e. The minimum absolute atomic E-state index is 0.0140. The molecular weight excluding hydrogens is 738 g/mol. The number of fused-ring (bicyclic) bond motifs is 3. The van der Waals surface area contributed by atoms with Crippen molar-refractivity contribution in [2.45, 2.75) is 39.5 Å². The van der Waals surface area contributed by atoms with E-state index in [-0.39, 0.29) is 23.1 Å². The predicted octanol–water partition coefficient (Wildman–Crippen LogP) is 9.36. The molecular formula is C42H32F3O7S2+. The lowest BCUT2D eigenvalue weighted by Crippen LogP contribution is -2.28. The molecule has 0 heterocycles. The van der Waals surface area contributed by atoms with Crippen LogP contribution in [0, 0.1) is 0 Å². The van der Waals surface area contributed by atoms with Gasteiger partial charge in [0.2, 0.25) is 0 Å². The first-order chi connectivity index (χ1) is 25.5. The van der Waals surface area contributed by atoms with Gasteiger partial charge in [-0.3, -0.25) is 14.1 Å². The SMILES string of the molecule is CC(=O)c1ccc([S+](c2ccc(C(C)=O)cc2)c2ccc3c(c2)C(c2ccc(O)cc2)(c2ccc(O)cc2)c2ccccc2-3)cc1.O=S(=O)(O)C(F)(F)F. The zero-order valence-electron chi connectivity index (χ0n) is 28.7. The summed E-state index contributed by atoms with van der Waals surface area (Å²) < 4.78 is 57.5. The van der Waals surface area contributed by atoms with Crippen molar-refractivity contribution in [2.75, 3.05) is 0 Å². The highest BCUT2D eigenvalue weighted by Gasteiger charge is 2.47. The van der Waals surface area contributed by atoms with Gasteiger partial charge < -0.3 is 10.2 Å². The van der Waals surface area contributed by atoms with Crippen molar-refractivity contribution in [3.8, 4) is 22.6 Å². The molecule has 0 unspecified atom stereocenters. The third kappa shape index (κ3) is 7.15. The van der Waals surface area contributed by atoms with Gasteiger partial charge in [0.1, 0.15) is 11.5 Å². The summed E-state index contributed by atoms with van der Waals surface area (Å²) in [6.45, 7) is 3.14. The lowest BCUT2D eigenvalue weighted by molar-refractivity contribution is -0.0510. The van der Waals surface area contributed by atoms with Crippen LogP contribution in [0.4, 0.5) is 13.2 Å². The minimum atomic E-state index is -5.84. The molecule has 274 valence electrons. The van der Waals surface area contributed by atoms with Crippen molar-refractivity contribution < 1.29 is 45.9 Å². The lowest BCUT2D eigenvalue weighted by Gasteiger charge is -2.34. The third-order valence-electron chi connectivity index (χ3n) is 9.14. The molecule has 0 aliphatic heterocycles. The van der Waals surface area contributed by atoms with Crippen LogP contribution in [0.3, 0.4) is 0 Å². The number of ketones is 2. The van der Waals surface area contributed by atoms with Gasteiger partial charge in [-0.2, -0.15) is 21.6 Å². The fraction of sp³-hybridized carbons (Fsp3) is 0.0952. The summed E-state index contributed by atoms with van der Waals surface area (Å²) in [6.07, 6.45) is 0. The van der Waals surface area contributed by atoms with Crippen molar-refractivity contribution >= 4 is 32.6 Å². The van der Waals surface area contributed by atoms with Crippen LogP contribution in [-0.4, -0.2) is 40.3 Å².